The summed E-state index contributed by atoms with van der Waals surface area (Å²) in [6.45, 7) is 2.12. The number of halogens is 1. The summed E-state index contributed by atoms with van der Waals surface area (Å²) < 4.78 is 4.96. The van der Waals surface area contributed by atoms with Crippen molar-refractivity contribution < 1.29 is 24.2 Å². The second kappa shape index (κ2) is 6.86. The lowest BCUT2D eigenvalue weighted by Crippen LogP contribution is -2.09. The Morgan fingerprint density at radius 2 is 1.85 bits per heavy atom. The summed E-state index contributed by atoms with van der Waals surface area (Å²) in [5.74, 6) is -1.50. The van der Waals surface area contributed by atoms with Crippen molar-refractivity contribution in [3.63, 3.8) is 0 Å². The summed E-state index contributed by atoms with van der Waals surface area (Å²) in [5.41, 5.74) is 0.529. The average molecular weight is 297 g/mol. The molecule has 0 aliphatic rings. The highest BCUT2D eigenvalue weighted by atomic mass is 35.5. The maximum atomic E-state index is 11.3. The lowest BCUT2D eigenvalue weighted by atomic mass is 10.0. The minimum Gasteiger partial charge on any atom is -0.482 e. The van der Waals surface area contributed by atoms with Gasteiger partial charge in [0.15, 0.2) is 18.2 Å². The van der Waals surface area contributed by atoms with Crippen molar-refractivity contribution in [1.82, 2.24) is 0 Å². The highest BCUT2D eigenvalue weighted by Crippen LogP contribution is 2.25. The monoisotopic (exact) mass is 296 g/mol. The highest BCUT2D eigenvalue weighted by molar-refractivity contribution is 6.33. The molecule has 0 aliphatic carbocycles. The Balaban J connectivity index is 3.04. The summed E-state index contributed by atoms with van der Waals surface area (Å²) in [7, 11) is 0. The minimum absolute atomic E-state index is 0.0473. The number of aliphatic carboxylic acids is 1. The van der Waals surface area contributed by atoms with Crippen LogP contribution in [0.5, 0.6) is 5.75 Å². The van der Waals surface area contributed by atoms with Gasteiger partial charge in [0.25, 0.3) is 0 Å². The molecule has 0 spiro atoms. The predicted molar refractivity (Wildman–Crippen MR) is 73.9 cm³/mol. The molecule has 0 saturated heterocycles. The van der Waals surface area contributed by atoms with Crippen LogP contribution in [0.1, 0.15) is 19.4 Å². The zero-order valence-corrected chi connectivity index (χ0v) is 11.7. The van der Waals surface area contributed by atoms with Crippen LogP contribution in [-0.2, 0) is 14.4 Å². The first-order chi connectivity index (χ1) is 9.31. The average Bonchev–Trinajstić information content (AvgIpc) is 2.34. The van der Waals surface area contributed by atoms with E-state index in [0.717, 1.165) is 0 Å². The van der Waals surface area contributed by atoms with E-state index in [1.54, 1.807) is 6.07 Å². The first-order valence-electron chi connectivity index (χ1n) is 5.69. The largest absolute Gasteiger partial charge is 0.482 e. The van der Waals surface area contributed by atoms with Gasteiger partial charge in [-0.25, -0.2) is 4.79 Å². The number of Topliss-reactive ketones (excluding diaryl/α,β-unsaturated/α-hetero) is 2. The van der Waals surface area contributed by atoms with Crippen LogP contribution in [0.25, 0.3) is 6.08 Å². The Bertz CT molecular complexity index is 573. The van der Waals surface area contributed by atoms with E-state index >= 15 is 0 Å². The molecule has 0 fully saturated rings. The number of allylic oxidation sites excluding steroid dienone is 1. The molecule has 1 aromatic rings. The summed E-state index contributed by atoms with van der Waals surface area (Å²) in [6.07, 6.45) is 1.40. The molecule has 0 amide bonds. The fourth-order valence-electron chi connectivity index (χ4n) is 1.47. The van der Waals surface area contributed by atoms with Gasteiger partial charge in [0.05, 0.1) is 10.6 Å². The van der Waals surface area contributed by atoms with Crippen molar-refractivity contribution >= 4 is 35.2 Å². The van der Waals surface area contributed by atoms with Gasteiger partial charge in [-0.1, -0.05) is 11.6 Å². The maximum absolute atomic E-state index is 11.3. The van der Waals surface area contributed by atoms with Crippen molar-refractivity contribution in [3.05, 3.63) is 34.4 Å². The quantitative estimate of drug-likeness (QED) is 0.495. The van der Waals surface area contributed by atoms with E-state index in [2.05, 4.69) is 0 Å². The lowest BCUT2D eigenvalue weighted by Gasteiger charge is -2.06. The Labute approximate surface area is 120 Å². The second-order valence-corrected chi connectivity index (χ2v) is 4.44. The van der Waals surface area contributed by atoms with Gasteiger partial charge in [0.2, 0.25) is 0 Å². The van der Waals surface area contributed by atoms with Gasteiger partial charge in [-0.2, -0.15) is 0 Å². The van der Waals surface area contributed by atoms with Gasteiger partial charge >= 0.3 is 5.97 Å². The van der Waals surface area contributed by atoms with Crippen LogP contribution in [-0.4, -0.2) is 29.2 Å². The Hall–Kier alpha value is -2.14. The fraction of sp³-hybridized carbons (Fsp3) is 0.214. The second-order valence-electron chi connectivity index (χ2n) is 4.04. The number of carbonyl (C=O) groups is 3. The first-order valence-corrected chi connectivity index (χ1v) is 6.06. The molecular weight excluding hydrogens is 284 g/mol. The number of hydrogen-bond acceptors (Lipinski definition) is 4. The molecule has 0 aromatic heterocycles. The van der Waals surface area contributed by atoms with Gasteiger partial charge in [-0.3, -0.25) is 9.59 Å². The Morgan fingerprint density at radius 3 is 2.30 bits per heavy atom. The third-order valence-electron chi connectivity index (χ3n) is 2.39. The van der Waals surface area contributed by atoms with E-state index in [-0.39, 0.29) is 22.2 Å². The molecule has 0 bridgehead atoms. The smallest absolute Gasteiger partial charge is 0.341 e. The molecule has 0 heterocycles. The van der Waals surface area contributed by atoms with Crippen molar-refractivity contribution in [1.29, 1.82) is 0 Å². The molecular formula is C14H13ClO5. The normalized spacial score (nSPS) is 9.75. The molecule has 6 heteroatoms. The van der Waals surface area contributed by atoms with Crippen LogP contribution in [0.4, 0.5) is 0 Å². The lowest BCUT2D eigenvalue weighted by molar-refractivity contribution is -0.139. The minimum atomic E-state index is -1.10. The maximum Gasteiger partial charge on any atom is 0.341 e. The Kier molecular flexibility index (Phi) is 5.46. The number of rotatable bonds is 6. The third kappa shape index (κ3) is 4.51. The molecule has 0 saturated carbocycles. The summed E-state index contributed by atoms with van der Waals surface area (Å²) in [6, 6.07) is 4.48. The molecule has 1 N–H and O–H groups in total. The Morgan fingerprint density at radius 1 is 1.25 bits per heavy atom. The number of ketones is 2. The molecule has 0 atom stereocenters. The molecule has 1 aromatic carbocycles. The highest BCUT2D eigenvalue weighted by Gasteiger charge is 2.11. The van der Waals surface area contributed by atoms with Crippen LogP contribution < -0.4 is 4.74 Å². The molecule has 1 rings (SSSR count). The number of carboxylic acid groups (broad SMARTS) is 1. The van der Waals surface area contributed by atoms with Crippen molar-refractivity contribution in [3.8, 4) is 5.75 Å². The fourth-order valence-corrected chi connectivity index (χ4v) is 1.69. The number of ether oxygens (including phenoxy) is 1. The molecule has 0 aliphatic heterocycles. The molecule has 0 unspecified atom stereocenters. The van der Waals surface area contributed by atoms with Gasteiger partial charge in [-0.15, -0.1) is 0 Å². The third-order valence-corrected chi connectivity index (χ3v) is 2.72. The van der Waals surface area contributed by atoms with Crippen molar-refractivity contribution in [2.75, 3.05) is 6.61 Å². The van der Waals surface area contributed by atoms with Crippen LogP contribution in [0.15, 0.2) is 23.8 Å². The summed E-state index contributed by atoms with van der Waals surface area (Å²) in [4.78, 5) is 33.0. The van der Waals surface area contributed by atoms with Crippen molar-refractivity contribution in [2.45, 2.75) is 13.8 Å². The molecule has 20 heavy (non-hydrogen) atoms. The molecule has 0 radical (unpaired) electrons. The number of carbonyl (C=O) groups excluding carboxylic acids is 2. The number of hydrogen-bond donors (Lipinski definition) is 1. The number of carboxylic acids is 1. The number of benzene rings is 1. The predicted octanol–water partition coefficient (Wildman–Crippen LogP) is 2.36. The summed E-state index contributed by atoms with van der Waals surface area (Å²) in [5, 5.41) is 8.75. The van der Waals surface area contributed by atoms with Gasteiger partial charge in [-0.05, 0) is 43.7 Å². The molecule has 5 nitrogen and oxygen atoms in total. The summed E-state index contributed by atoms with van der Waals surface area (Å²) >= 11 is 6.00. The zero-order chi connectivity index (χ0) is 15.3. The van der Waals surface area contributed by atoms with Gasteiger partial charge < -0.3 is 9.84 Å². The van der Waals surface area contributed by atoms with Crippen molar-refractivity contribution in [2.24, 2.45) is 0 Å². The van der Waals surface area contributed by atoms with E-state index in [9.17, 15) is 14.4 Å². The van der Waals surface area contributed by atoms with Crippen LogP contribution in [0.2, 0.25) is 5.02 Å². The van der Waals surface area contributed by atoms with E-state index in [0.29, 0.717) is 11.3 Å². The standard InChI is InChI=1S/C14H13ClO5/c1-8(16)12(9(2)17)5-10-3-4-11(6-13(10)15)20-7-14(18)19/h3-6H,7H2,1-2H3,(H,18,19). The van der Waals surface area contributed by atoms with Crippen LogP contribution in [0, 0.1) is 0 Å². The first kappa shape index (κ1) is 15.9. The van der Waals surface area contributed by atoms with E-state index < -0.39 is 12.6 Å². The van der Waals surface area contributed by atoms with Crippen LogP contribution in [0.3, 0.4) is 0 Å². The van der Waals surface area contributed by atoms with Gasteiger partial charge in [0, 0.05) is 0 Å². The SMILES string of the molecule is CC(=O)C(=Cc1ccc(OCC(=O)O)cc1Cl)C(C)=O. The van der Waals surface area contributed by atoms with E-state index in [1.807, 2.05) is 0 Å². The van der Waals surface area contributed by atoms with E-state index in [4.69, 9.17) is 21.4 Å². The van der Waals surface area contributed by atoms with E-state index in [1.165, 1.54) is 32.1 Å². The zero-order valence-electron chi connectivity index (χ0n) is 11.0. The topological polar surface area (TPSA) is 80.7 Å². The van der Waals surface area contributed by atoms with Gasteiger partial charge in [0.1, 0.15) is 5.75 Å². The molecule has 106 valence electrons. The van der Waals surface area contributed by atoms with Crippen LogP contribution >= 0.6 is 11.6 Å².